The van der Waals surface area contributed by atoms with Crippen molar-refractivity contribution in [3.63, 3.8) is 0 Å². The molecule has 25 heavy (non-hydrogen) atoms. The molecule has 0 atom stereocenters. The molecule has 0 saturated carbocycles. The number of fused-ring (bicyclic) bond motifs is 1. The number of hydrogen-bond donors (Lipinski definition) is 1. The van der Waals surface area contributed by atoms with Crippen LogP contribution < -0.4 is 5.32 Å². The van der Waals surface area contributed by atoms with E-state index >= 15 is 0 Å². The molecule has 3 rings (SSSR count). The molecule has 1 aromatic carbocycles. The Balaban J connectivity index is 1.81. The summed E-state index contributed by atoms with van der Waals surface area (Å²) in [7, 11) is -0.533. The van der Waals surface area contributed by atoms with Gasteiger partial charge in [0.1, 0.15) is 0 Å². The molecule has 0 spiro atoms. The number of nitrogens with one attached hydrogen (secondary N) is 1. The van der Waals surface area contributed by atoms with Crippen molar-refractivity contribution in [2.45, 2.75) is 4.90 Å². The molecule has 0 aliphatic heterocycles. The molecule has 3 aromatic rings. The second-order valence-corrected chi connectivity index (χ2v) is 9.44. The van der Waals surface area contributed by atoms with Crippen LogP contribution >= 0.6 is 22.7 Å². The largest absolute Gasteiger partial charge is 0.298 e. The normalized spacial score (nSPS) is 12.3. The number of thiophene rings is 1. The fraction of sp³-hybridized carbons (Fsp3) is 0.125. The van der Waals surface area contributed by atoms with Crippen molar-refractivity contribution in [1.29, 1.82) is 0 Å². The average molecular weight is 394 g/mol. The maximum absolute atomic E-state index is 12.2. The van der Waals surface area contributed by atoms with Gasteiger partial charge in [-0.05, 0) is 35.7 Å². The van der Waals surface area contributed by atoms with E-state index in [1.807, 2.05) is 17.5 Å². The lowest BCUT2D eigenvalue weighted by Gasteiger charge is -2.10. The highest BCUT2D eigenvalue weighted by molar-refractivity contribution is 7.89. The molecule has 1 amide bonds. The Kier molecular flexibility index (Phi) is 5.00. The van der Waals surface area contributed by atoms with Crippen LogP contribution in [-0.4, -0.2) is 37.7 Å². The molecule has 0 radical (unpaired) electrons. The summed E-state index contributed by atoms with van der Waals surface area (Å²) in [6, 6.07) is 8.55. The van der Waals surface area contributed by atoms with E-state index < -0.39 is 10.0 Å². The van der Waals surface area contributed by atoms with E-state index in [0.29, 0.717) is 15.3 Å². The summed E-state index contributed by atoms with van der Waals surface area (Å²) in [4.78, 5) is 17.5. The number of hydrogen-bond acceptors (Lipinski definition) is 6. The van der Waals surface area contributed by atoms with E-state index in [9.17, 15) is 13.2 Å². The summed E-state index contributed by atoms with van der Waals surface area (Å²) >= 11 is 2.77. The van der Waals surface area contributed by atoms with Crippen LogP contribution in [-0.2, 0) is 14.8 Å². The smallest absolute Gasteiger partial charge is 0.250 e. The number of aromatic nitrogens is 1. The van der Waals surface area contributed by atoms with Gasteiger partial charge in [-0.15, -0.1) is 11.3 Å². The van der Waals surface area contributed by atoms with Gasteiger partial charge in [0.2, 0.25) is 15.9 Å². The lowest BCUT2D eigenvalue weighted by Crippen LogP contribution is -2.22. The standard InChI is InChI=1S/C16H15N3O3S3/c1-19(2)25(21,22)12-6-7-13-14(10-12)24-16(17-13)18-15(20)8-5-11-4-3-9-23-11/h3-10H,1-2H3,(H,17,18,20)/b8-5+. The third kappa shape index (κ3) is 3.96. The number of carbonyl (C=O) groups excluding carboxylic acids is 1. The van der Waals surface area contributed by atoms with Crippen LogP contribution in [0.5, 0.6) is 0 Å². The molecule has 0 aliphatic rings. The van der Waals surface area contributed by atoms with Crippen LogP contribution in [0.4, 0.5) is 5.13 Å². The first kappa shape index (κ1) is 17.7. The van der Waals surface area contributed by atoms with Crippen molar-refractivity contribution in [2.75, 3.05) is 19.4 Å². The number of rotatable bonds is 5. The third-order valence-electron chi connectivity index (χ3n) is 3.31. The number of amides is 1. The van der Waals surface area contributed by atoms with E-state index in [0.717, 1.165) is 9.18 Å². The quantitative estimate of drug-likeness (QED) is 0.675. The van der Waals surface area contributed by atoms with Gasteiger partial charge in [0.15, 0.2) is 5.13 Å². The van der Waals surface area contributed by atoms with Gasteiger partial charge in [-0.2, -0.15) is 0 Å². The summed E-state index contributed by atoms with van der Waals surface area (Å²) in [5.41, 5.74) is 0.639. The van der Waals surface area contributed by atoms with Gasteiger partial charge in [0.05, 0.1) is 15.1 Å². The minimum absolute atomic E-state index is 0.198. The molecule has 130 valence electrons. The minimum Gasteiger partial charge on any atom is -0.298 e. The van der Waals surface area contributed by atoms with Gasteiger partial charge in [-0.1, -0.05) is 17.4 Å². The highest BCUT2D eigenvalue weighted by atomic mass is 32.2. The number of carbonyl (C=O) groups is 1. The van der Waals surface area contributed by atoms with Crippen molar-refractivity contribution >= 4 is 60.0 Å². The van der Waals surface area contributed by atoms with E-state index in [-0.39, 0.29) is 10.8 Å². The molecule has 9 heteroatoms. The lowest BCUT2D eigenvalue weighted by atomic mass is 10.3. The van der Waals surface area contributed by atoms with Gasteiger partial charge in [0, 0.05) is 25.0 Å². The molecule has 0 unspecified atom stereocenters. The topological polar surface area (TPSA) is 79.4 Å². The lowest BCUT2D eigenvalue weighted by molar-refractivity contribution is -0.111. The molecule has 2 heterocycles. The second kappa shape index (κ2) is 7.04. The Morgan fingerprint density at radius 1 is 1.28 bits per heavy atom. The fourth-order valence-corrected chi connectivity index (χ4v) is 4.55. The first-order chi connectivity index (χ1) is 11.9. The Morgan fingerprint density at radius 3 is 2.76 bits per heavy atom. The van der Waals surface area contributed by atoms with Crippen LogP contribution in [0.3, 0.4) is 0 Å². The minimum atomic E-state index is -3.50. The van der Waals surface area contributed by atoms with Crippen LogP contribution in [0, 0.1) is 0 Å². The molecule has 2 aromatic heterocycles. The summed E-state index contributed by atoms with van der Waals surface area (Å²) in [5, 5.41) is 5.06. The number of benzene rings is 1. The van der Waals surface area contributed by atoms with E-state index in [4.69, 9.17) is 0 Å². The summed E-state index contributed by atoms with van der Waals surface area (Å²) in [6.45, 7) is 0. The van der Waals surface area contributed by atoms with Crippen molar-refractivity contribution in [2.24, 2.45) is 0 Å². The summed E-state index contributed by atoms with van der Waals surface area (Å²) in [6.07, 6.45) is 3.18. The van der Waals surface area contributed by atoms with E-state index in [1.54, 1.807) is 29.5 Å². The highest BCUT2D eigenvalue weighted by Gasteiger charge is 2.18. The maximum atomic E-state index is 12.2. The number of nitrogens with zero attached hydrogens (tertiary/aromatic N) is 2. The van der Waals surface area contributed by atoms with Crippen molar-refractivity contribution in [3.05, 3.63) is 46.7 Å². The second-order valence-electron chi connectivity index (χ2n) is 5.27. The number of sulfonamides is 1. The molecule has 6 nitrogen and oxygen atoms in total. The molecule has 0 bridgehead atoms. The van der Waals surface area contributed by atoms with Crippen LogP contribution in [0.25, 0.3) is 16.3 Å². The molecule has 0 saturated heterocycles. The predicted molar refractivity (Wildman–Crippen MR) is 102 cm³/mol. The van der Waals surface area contributed by atoms with Crippen LogP contribution in [0.1, 0.15) is 4.88 Å². The molecule has 0 fully saturated rings. The van der Waals surface area contributed by atoms with Crippen LogP contribution in [0.15, 0.2) is 46.7 Å². The molecule has 0 aliphatic carbocycles. The molecular formula is C16H15N3O3S3. The average Bonchev–Trinajstić information content (AvgIpc) is 3.20. The zero-order valence-corrected chi connectivity index (χ0v) is 15.9. The van der Waals surface area contributed by atoms with E-state index in [1.165, 1.54) is 37.6 Å². The van der Waals surface area contributed by atoms with Gasteiger partial charge >= 0.3 is 0 Å². The van der Waals surface area contributed by atoms with Gasteiger partial charge in [-0.25, -0.2) is 17.7 Å². The number of thiazole rings is 1. The zero-order valence-electron chi connectivity index (χ0n) is 13.5. The highest BCUT2D eigenvalue weighted by Crippen LogP contribution is 2.28. The SMILES string of the molecule is CN(C)S(=O)(=O)c1ccc2nc(NC(=O)/C=C/c3cccs3)sc2c1. The van der Waals surface area contributed by atoms with E-state index in [2.05, 4.69) is 10.3 Å². The Hall–Kier alpha value is -2.07. The zero-order chi connectivity index (χ0) is 18.0. The Morgan fingerprint density at radius 2 is 2.08 bits per heavy atom. The Bertz CT molecular complexity index is 1040. The summed E-state index contributed by atoms with van der Waals surface area (Å²) in [5.74, 6) is -0.284. The third-order valence-corrected chi connectivity index (χ3v) is 6.89. The van der Waals surface area contributed by atoms with Gasteiger partial charge in [0.25, 0.3) is 0 Å². The van der Waals surface area contributed by atoms with Crippen LogP contribution in [0.2, 0.25) is 0 Å². The van der Waals surface area contributed by atoms with Crippen molar-refractivity contribution in [3.8, 4) is 0 Å². The monoisotopic (exact) mass is 393 g/mol. The van der Waals surface area contributed by atoms with Gasteiger partial charge < -0.3 is 0 Å². The van der Waals surface area contributed by atoms with Crippen molar-refractivity contribution in [1.82, 2.24) is 9.29 Å². The predicted octanol–water partition coefficient (Wildman–Crippen LogP) is 3.26. The van der Waals surface area contributed by atoms with Gasteiger partial charge in [-0.3, -0.25) is 10.1 Å². The molecular weight excluding hydrogens is 378 g/mol. The fourth-order valence-electron chi connectivity index (χ4n) is 2.02. The first-order valence-corrected chi connectivity index (χ1v) is 10.4. The van der Waals surface area contributed by atoms with Crippen molar-refractivity contribution < 1.29 is 13.2 Å². The first-order valence-electron chi connectivity index (χ1n) is 7.22. The number of anilines is 1. The maximum Gasteiger partial charge on any atom is 0.250 e. The molecule has 1 N–H and O–H groups in total. The summed E-state index contributed by atoms with van der Waals surface area (Å²) < 4.78 is 26.2. The Labute approximate surface area is 153 Å².